The fraction of sp³-hybridized carbons (Fsp3) is 0.447. The molecule has 4 aromatic rings. The van der Waals surface area contributed by atoms with E-state index in [0.717, 1.165) is 35.1 Å². The second kappa shape index (κ2) is 22.9. The van der Waals surface area contributed by atoms with E-state index in [1.807, 2.05) is 0 Å². The minimum Gasteiger partial charge on any atom is -0.374 e. The highest BCUT2D eigenvalue weighted by molar-refractivity contribution is 8.76. The molecule has 0 aliphatic carbocycles. The van der Waals surface area contributed by atoms with E-state index >= 15 is 0 Å². The third-order valence-electron chi connectivity index (χ3n) is 10.6. The number of aryl methyl sites for hydroxylation is 2. The van der Waals surface area contributed by atoms with E-state index in [1.165, 1.54) is 90.8 Å². The van der Waals surface area contributed by atoms with Crippen LogP contribution in [0.5, 0.6) is 0 Å². The fourth-order valence-corrected chi connectivity index (χ4v) is 9.14. The molecular formula is C47H70N6S2+4. The zero-order valence-corrected chi connectivity index (χ0v) is 36.9. The van der Waals surface area contributed by atoms with Crippen molar-refractivity contribution in [1.82, 2.24) is 0 Å². The van der Waals surface area contributed by atoms with Gasteiger partial charge in [0.25, 0.3) is 0 Å². The van der Waals surface area contributed by atoms with Crippen LogP contribution in [0.4, 0.5) is 11.4 Å². The number of aromatic nitrogens is 2. The molecule has 0 saturated heterocycles. The third-order valence-corrected chi connectivity index (χ3v) is 13.0. The van der Waals surface area contributed by atoms with Crippen LogP contribution in [-0.4, -0.2) is 102 Å². The average Bonchev–Trinajstić information content (AvgIpc) is 3.19. The quantitative estimate of drug-likeness (QED) is 0.0305. The maximum absolute atomic E-state index is 2.39. The molecule has 6 nitrogen and oxygen atoms in total. The molecule has 2 aromatic heterocycles. The first-order valence-electron chi connectivity index (χ1n) is 20.3. The largest absolute Gasteiger partial charge is 0.374 e. The molecule has 0 radical (unpaired) electrons. The molecule has 8 heteroatoms. The van der Waals surface area contributed by atoms with Crippen LogP contribution in [0.2, 0.25) is 0 Å². The molecule has 2 heterocycles. The van der Waals surface area contributed by atoms with Crippen molar-refractivity contribution in [2.75, 3.05) is 103 Å². The van der Waals surface area contributed by atoms with Gasteiger partial charge in [0.2, 0.25) is 11.4 Å². The predicted molar refractivity (Wildman–Crippen MR) is 244 cm³/mol. The number of hydrogen-bond donors (Lipinski definition) is 0. The Balaban J connectivity index is 1.04. The molecular weight excluding hydrogens is 713 g/mol. The Morgan fingerprint density at radius 1 is 0.509 bits per heavy atom. The van der Waals surface area contributed by atoms with Crippen molar-refractivity contribution in [3.05, 3.63) is 120 Å². The molecule has 0 atom stereocenters. The van der Waals surface area contributed by atoms with Crippen LogP contribution in [0.15, 0.2) is 97.3 Å². The Morgan fingerprint density at radius 2 is 0.927 bits per heavy atom. The standard InChI is InChI=1S/C47H70N6S2/c1-9-50-34-13-11-18-46(50)30-24-42-20-26-44(27-21-42)48(3)32-15-36-52(5,6)38-17-40-54-55-41-39-53(7,8)37-16-33-49(4)45-28-22-43(23-29-45)25-31-47-19-12-14-35-51(47)10-2/h11-14,18-31,34-35H,9-10,15-17,32-33,36-41H2,1-8H3/q+4. The number of rotatable bonds is 24. The molecule has 2 aromatic carbocycles. The number of quaternary nitrogens is 2. The highest BCUT2D eigenvalue weighted by Gasteiger charge is 2.17. The maximum atomic E-state index is 2.39. The number of benzene rings is 2. The molecule has 0 fully saturated rings. The molecule has 0 aliphatic heterocycles. The van der Waals surface area contributed by atoms with Crippen molar-refractivity contribution >= 4 is 57.3 Å². The monoisotopic (exact) mass is 783 g/mol. The van der Waals surface area contributed by atoms with E-state index in [4.69, 9.17) is 0 Å². The highest BCUT2D eigenvalue weighted by Crippen LogP contribution is 2.24. The number of pyridine rings is 2. The number of hydrogen-bond acceptors (Lipinski definition) is 4. The van der Waals surface area contributed by atoms with Crippen molar-refractivity contribution in [3.8, 4) is 0 Å². The number of nitrogens with zero attached hydrogens (tertiary/aromatic N) is 6. The van der Waals surface area contributed by atoms with Crippen LogP contribution in [-0.2, 0) is 13.1 Å². The molecule has 0 amide bonds. The lowest BCUT2D eigenvalue weighted by molar-refractivity contribution is -0.890. The minimum atomic E-state index is 0.974. The third kappa shape index (κ3) is 15.8. The summed E-state index contributed by atoms with van der Waals surface area (Å²) >= 11 is 0. The lowest BCUT2D eigenvalue weighted by Crippen LogP contribution is -2.43. The maximum Gasteiger partial charge on any atom is 0.205 e. The van der Waals surface area contributed by atoms with Crippen LogP contribution in [0.25, 0.3) is 24.3 Å². The van der Waals surface area contributed by atoms with Gasteiger partial charge in [0.05, 0.1) is 60.1 Å². The zero-order valence-electron chi connectivity index (χ0n) is 35.2. The summed E-state index contributed by atoms with van der Waals surface area (Å²) in [7, 11) is 18.1. The summed E-state index contributed by atoms with van der Waals surface area (Å²) in [5.41, 5.74) is 7.48. The lowest BCUT2D eigenvalue weighted by atomic mass is 10.1. The second-order valence-corrected chi connectivity index (χ2v) is 18.7. The van der Waals surface area contributed by atoms with Gasteiger partial charge in [-0.15, -0.1) is 0 Å². The Morgan fingerprint density at radius 3 is 1.38 bits per heavy atom. The molecule has 0 saturated carbocycles. The van der Waals surface area contributed by atoms with E-state index < -0.39 is 0 Å². The molecule has 4 rings (SSSR count). The van der Waals surface area contributed by atoms with Crippen molar-refractivity contribution in [3.63, 3.8) is 0 Å². The van der Waals surface area contributed by atoms with Crippen molar-refractivity contribution in [2.24, 2.45) is 0 Å². The van der Waals surface area contributed by atoms with Gasteiger partial charge in [0.15, 0.2) is 12.4 Å². The minimum absolute atomic E-state index is 0.974. The average molecular weight is 783 g/mol. The topological polar surface area (TPSA) is 14.2 Å². The van der Waals surface area contributed by atoms with Gasteiger partial charge in [-0.1, -0.05) is 45.9 Å². The van der Waals surface area contributed by atoms with Gasteiger partial charge >= 0.3 is 0 Å². The van der Waals surface area contributed by atoms with Crippen LogP contribution < -0.4 is 18.9 Å². The van der Waals surface area contributed by atoms with E-state index in [1.54, 1.807) is 0 Å². The Hall–Kier alpha value is -3.56. The molecule has 0 unspecified atom stereocenters. The fourth-order valence-electron chi connectivity index (χ4n) is 6.81. The molecule has 0 aliphatic rings. The Kier molecular flexibility index (Phi) is 18.4. The van der Waals surface area contributed by atoms with Gasteiger partial charge in [-0.25, -0.2) is 0 Å². The first-order chi connectivity index (χ1) is 26.5. The van der Waals surface area contributed by atoms with Crippen molar-refractivity contribution < 1.29 is 18.1 Å². The molecule has 55 heavy (non-hydrogen) atoms. The molecule has 0 bridgehead atoms. The summed E-state index contributed by atoms with van der Waals surface area (Å²) in [5.74, 6) is 2.44. The van der Waals surface area contributed by atoms with E-state index in [0.29, 0.717) is 0 Å². The summed E-state index contributed by atoms with van der Waals surface area (Å²) in [4.78, 5) is 4.79. The van der Waals surface area contributed by atoms with Gasteiger partial charge < -0.3 is 18.8 Å². The van der Waals surface area contributed by atoms with Crippen LogP contribution >= 0.6 is 21.6 Å². The SMILES string of the molecule is CC[n+]1ccccc1/C=C/c1ccc(N(C)CCC[N+](C)(C)CCCSSCC[N+](C)(C)CCCN(C)c2ccc(/C=C/c3cccc[n+]3CC)cc2)cc1. The first kappa shape index (κ1) is 44.2. The van der Waals surface area contributed by atoms with Crippen molar-refractivity contribution in [1.29, 1.82) is 0 Å². The van der Waals surface area contributed by atoms with Crippen LogP contribution in [0.1, 0.15) is 55.6 Å². The zero-order chi connectivity index (χ0) is 39.5. The molecule has 296 valence electrons. The summed E-state index contributed by atoms with van der Waals surface area (Å²) < 4.78 is 6.69. The Labute approximate surface area is 342 Å². The summed E-state index contributed by atoms with van der Waals surface area (Å²) in [5, 5.41) is 0. The van der Waals surface area contributed by atoms with Gasteiger partial charge in [-0.3, -0.25) is 0 Å². The van der Waals surface area contributed by atoms with Crippen LogP contribution in [0.3, 0.4) is 0 Å². The predicted octanol–water partition coefficient (Wildman–Crippen LogP) is 8.92. The first-order valence-corrected chi connectivity index (χ1v) is 22.8. The smallest absolute Gasteiger partial charge is 0.205 e. The molecule has 0 N–H and O–H groups in total. The van der Waals surface area contributed by atoms with Crippen molar-refractivity contribution in [2.45, 2.75) is 46.2 Å². The van der Waals surface area contributed by atoms with E-state index in [2.05, 4.69) is 218 Å². The van der Waals surface area contributed by atoms with Crippen LogP contribution in [0, 0.1) is 0 Å². The lowest BCUT2D eigenvalue weighted by Gasteiger charge is -2.31. The summed E-state index contributed by atoms with van der Waals surface area (Å²) in [6.07, 6.45) is 16.7. The van der Waals surface area contributed by atoms with Gasteiger partial charge in [0.1, 0.15) is 13.1 Å². The van der Waals surface area contributed by atoms with Gasteiger partial charge in [0, 0.05) is 100.0 Å². The summed E-state index contributed by atoms with van der Waals surface area (Å²) in [6.45, 7) is 13.3. The Bertz CT molecular complexity index is 1620. The second-order valence-electron chi connectivity index (χ2n) is 16.0. The molecule has 0 spiro atoms. The number of anilines is 2. The summed E-state index contributed by atoms with van der Waals surface area (Å²) in [6, 6.07) is 30.6. The normalized spacial score (nSPS) is 12.2. The van der Waals surface area contributed by atoms with Gasteiger partial charge in [-0.05, 0) is 73.5 Å². The highest BCUT2D eigenvalue weighted by atomic mass is 33.1. The van der Waals surface area contributed by atoms with E-state index in [-0.39, 0.29) is 0 Å². The van der Waals surface area contributed by atoms with E-state index in [9.17, 15) is 0 Å². The van der Waals surface area contributed by atoms with Gasteiger partial charge in [-0.2, -0.15) is 9.13 Å².